The van der Waals surface area contributed by atoms with Gasteiger partial charge in [-0.25, -0.2) is 22.2 Å². The highest BCUT2D eigenvalue weighted by molar-refractivity contribution is 9.10. The summed E-state index contributed by atoms with van der Waals surface area (Å²) in [6.07, 6.45) is 0. The fourth-order valence-corrected chi connectivity index (χ4v) is 4.86. The Bertz CT molecular complexity index is 1060. The second kappa shape index (κ2) is 7.37. The van der Waals surface area contributed by atoms with Gasteiger partial charge in [-0.05, 0) is 23.8 Å². The van der Waals surface area contributed by atoms with Crippen LogP contribution in [0.3, 0.4) is 0 Å². The first kappa shape index (κ1) is 18.9. The van der Waals surface area contributed by atoms with Gasteiger partial charge in [0.15, 0.2) is 26.6 Å². The van der Waals surface area contributed by atoms with E-state index in [0.29, 0.717) is 10.3 Å². The van der Waals surface area contributed by atoms with Gasteiger partial charge in [-0.1, -0.05) is 39.4 Å². The smallest absolute Gasteiger partial charge is 0.241 e. The molecule has 0 saturated heterocycles. The van der Waals surface area contributed by atoms with E-state index in [1.165, 1.54) is 0 Å². The average molecular weight is 461 g/mol. The van der Waals surface area contributed by atoms with E-state index in [0.717, 1.165) is 27.9 Å². The number of anilines is 1. The summed E-state index contributed by atoms with van der Waals surface area (Å²) in [5.74, 6) is -3.83. The molecule has 0 bridgehead atoms. The molecule has 1 heterocycles. The maximum absolute atomic E-state index is 13.2. The van der Waals surface area contributed by atoms with E-state index in [4.69, 9.17) is 0 Å². The Labute approximate surface area is 160 Å². The lowest BCUT2D eigenvalue weighted by Crippen LogP contribution is -2.23. The number of nitrogens with zero attached hydrogens (tertiary/aromatic N) is 1. The summed E-state index contributed by atoms with van der Waals surface area (Å²) < 4.78 is 51.9. The van der Waals surface area contributed by atoms with Crippen LogP contribution in [-0.2, 0) is 20.4 Å². The Morgan fingerprint density at radius 3 is 2.65 bits per heavy atom. The number of carbonyl (C=O) groups excluding carboxylic acids is 1. The zero-order chi connectivity index (χ0) is 18.9. The predicted octanol–water partition coefficient (Wildman–Crippen LogP) is 3.89. The van der Waals surface area contributed by atoms with Crippen LogP contribution in [0.4, 0.5) is 13.9 Å². The first-order valence-electron chi connectivity index (χ1n) is 7.22. The molecule has 0 atom stereocenters. The van der Waals surface area contributed by atoms with Crippen LogP contribution < -0.4 is 5.32 Å². The number of carbonyl (C=O) groups is 1. The monoisotopic (exact) mass is 460 g/mol. The Morgan fingerprint density at radius 2 is 1.92 bits per heavy atom. The third kappa shape index (κ3) is 4.63. The van der Waals surface area contributed by atoms with Crippen molar-refractivity contribution in [1.82, 2.24) is 4.98 Å². The molecule has 5 nitrogen and oxygen atoms in total. The predicted molar refractivity (Wildman–Crippen MR) is 99.8 cm³/mol. The quantitative estimate of drug-likeness (QED) is 0.626. The van der Waals surface area contributed by atoms with E-state index in [1.54, 1.807) is 24.3 Å². The van der Waals surface area contributed by atoms with E-state index in [9.17, 15) is 22.0 Å². The van der Waals surface area contributed by atoms with Crippen molar-refractivity contribution in [2.45, 2.75) is 5.75 Å². The lowest BCUT2D eigenvalue weighted by molar-refractivity contribution is -0.113. The van der Waals surface area contributed by atoms with Gasteiger partial charge in [0.25, 0.3) is 0 Å². The van der Waals surface area contributed by atoms with E-state index in [-0.39, 0.29) is 16.4 Å². The van der Waals surface area contributed by atoms with Gasteiger partial charge in [0.2, 0.25) is 5.91 Å². The first-order valence-corrected chi connectivity index (χ1v) is 10.7. The zero-order valence-corrected chi connectivity index (χ0v) is 16.2. The summed E-state index contributed by atoms with van der Waals surface area (Å²) in [6, 6.07) is 8.67. The highest BCUT2D eigenvalue weighted by Crippen LogP contribution is 2.27. The molecule has 136 valence electrons. The summed E-state index contributed by atoms with van der Waals surface area (Å²) in [6.45, 7) is 0. The molecule has 3 rings (SSSR count). The van der Waals surface area contributed by atoms with Crippen LogP contribution in [0.2, 0.25) is 0 Å². The number of aromatic nitrogens is 1. The molecule has 26 heavy (non-hydrogen) atoms. The van der Waals surface area contributed by atoms with Gasteiger partial charge in [-0.3, -0.25) is 4.79 Å². The van der Waals surface area contributed by atoms with E-state index in [1.807, 2.05) is 0 Å². The second-order valence-electron chi connectivity index (χ2n) is 5.46. The molecule has 1 aromatic heterocycles. The molecule has 10 heteroatoms. The van der Waals surface area contributed by atoms with Crippen LogP contribution >= 0.6 is 27.3 Å². The minimum Gasteiger partial charge on any atom is -0.301 e. The number of hydrogen-bond acceptors (Lipinski definition) is 5. The number of nitrogens with one attached hydrogen (secondary N) is 1. The van der Waals surface area contributed by atoms with Crippen LogP contribution in [-0.4, -0.2) is 25.1 Å². The molecule has 1 amide bonds. The standard InChI is InChI=1S/C16H11BrF2N2O3S2/c17-10-3-1-2-9(4-10)7-26(23,24)8-15(22)21-16-20-13-5-11(18)12(19)6-14(13)25-16/h1-6H,7-8H2,(H,20,21,22). The van der Waals surface area contributed by atoms with Crippen molar-refractivity contribution in [1.29, 1.82) is 0 Å². The number of thiazole rings is 1. The lowest BCUT2D eigenvalue weighted by atomic mass is 10.2. The van der Waals surface area contributed by atoms with Crippen molar-refractivity contribution in [3.8, 4) is 0 Å². The summed E-state index contributed by atoms with van der Waals surface area (Å²) in [4.78, 5) is 16.0. The highest BCUT2D eigenvalue weighted by Gasteiger charge is 2.19. The molecule has 0 spiro atoms. The third-order valence-electron chi connectivity index (χ3n) is 3.30. The molecule has 0 saturated carbocycles. The van der Waals surface area contributed by atoms with Crippen LogP contribution in [0, 0.1) is 11.6 Å². The maximum atomic E-state index is 13.2. The molecular weight excluding hydrogens is 450 g/mol. The van der Waals surface area contributed by atoms with Crippen LogP contribution in [0.5, 0.6) is 0 Å². The molecule has 3 aromatic rings. The highest BCUT2D eigenvalue weighted by atomic mass is 79.9. The van der Waals surface area contributed by atoms with Crippen molar-refractivity contribution in [2.75, 3.05) is 11.1 Å². The molecule has 0 aliphatic carbocycles. The van der Waals surface area contributed by atoms with Crippen molar-refractivity contribution >= 4 is 58.4 Å². The normalized spacial score (nSPS) is 11.7. The zero-order valence-electron chi connectivity index (χ0n) is 13.0. The van der Waals surface area contributed by atoms with Gasteiger partial charge in [-0.15, -0.1) is 0 Å². The third-order valence-corrected chi connectivity index (χ3v) is 6.21. The van der Waals surface area contributed by atoms with Crippen LogP contribution in [0.15, 0.2) is 40.9 Å². The number of sulfone groups is 1. The fourth-order valence-electron chi connectivity index (χ4n) is 2.26. The molecule has 1 N–H and O–H groups in total. The molecule has 0 fully saturated rings. The minimum absolute atomic E-state index is 0.0765. The Balaban J connectivity index is 1.70. The van der Waals surface area contributed by atoms with Crippen molar-refractivity contribution in [3.05, 3.63) is 58.1 Å². The van der Waals surface area contributed by atoms with Gasteiger partial charge in [0.05, 0.1) is 16.0 Å². The summed E-state index contributed by atoms with van der Waals surface area (Å²) in [5, 5.41) is 2.44. The average Bonchev–Trinajstić information content (AvgIpc) is 2.87. The van der Waals surface area contributed by atoms with E-state index >= 15 is 0 Å². The van der Waals surface area contributed by atoms with Crippen molar-refractivity contribution in [3.63, 3.8) is 0 Å². The Morgan fingerprint density at radius 1 is 1.19 bits per heavy atom. The second-order valence-corrected chi connectivity index (χ2v) is 9.47. The molecule has 2 aromatic carbocycles. The number of benzene rings is 2. The van der Waals surface area contributed by atoms with Crippen molar-refractivity contribution in [2.24, 2.45) is 0 Å². The fraction of sp³-hybridized carbons (Fsp3) is 0.125. The van der Waals surface area contributed by atoms with Gasteiger partial charge in [0, 0.05) is 10.5 Å². The Hall–Kier alpha value is -1.91. The van der Waals surface area contributed by atoms with Crippen molar-refractivity contribution < 1.29 is 22.0 Å². The number of rotatable bonds is 5. The number of fused-ring (bicyclic) bond motifs is 1. The van der Waals surface area contributed by atoms with Crippen LogP contribution in [0.1, 0.15) is 5.56 Å². The van der Waals surface area contributed by atoms with E-state index < -0.39 is 33.1 Å². The van der Waals surface area contributed by atoms with E-state index in [2.05, 4.69) is 26.2 Å². The molecule has 0 aliphatic rings. The van der Waals surface area contributed by atoms with Gasteiger partial charge < -0.3 is 5.32 Å². The topological polar surface area (TPSA) is 76.1 Å². The van der Waals surface area contributed by atoms with Gasteiger partial charge in [-0.2, -0.15) is 0 Å². The largest absolute Gasteiger partial charge is 0.301 e. The molecule has 0 aliphatic heterocycles. The van der Waals surface area contributed by atoms with Gasteiger partial charge in [0.1, 0.15) is 5.75 Å². The SMILES string of the molecule is O=C(CS(=O)(=O)Cc1cccc(Br)c1)Nc1nc2cc(F)c(F)cc2s1. The minimum atomic E-state index is -3.69. The molecule has 0 radical (unpaired) electrons. The molecule has 0 unspecified atom stereocenters. The van der Waals surface area contributed by atoms with Crippen LogP contribution in [0.25, 0.3) is 10.2 Å². The van der Waals surface area contributed by atoms with Gasteiger partial charge >= 0.3 is 0 Å². The summed E-state index contributed by atoms with van der Waals surface area (Å²) in [5.41, 5.74) is 0.735. The lowest BCUT2D eigenvalue weighted by Gasteiger charge is -2.05. The summed E-state index contributed by atoms with van der Waals surface area (Å²) in [7, 11) is -3.69. The summed E-state index contributed by atoms with van der Waals surface area (Å²) >= 11 is 4.19. The number of halogens is 3. The Kier molecular flexibility index (Phi) is 5.35. The molecular formula is C16H11BrF2N2O3S2. The number of hydrogen-bond donors (Lipinski definition) is 1. The maximum Gasteiger partial charge on any atom is 0.241 e. The number of amides is 1. The first-order chi connectivity index (χ1) is 12.2.